The lowest BCUT2D eigenvalue weighted by molar-refractivity contribution is 0.456. The van der Waals surface area contributed by atoms with E-state index >= 15 is 0 Å². The molecule has 0 atom stereocenters. The molecule has 0 fully saturated rings. The van der Waals surface area contributed by atoms with Crippen LogP contribution in [0.25, 0.3) is 11.4 Å². The summed E-state index contributed by atoms with van der Waals surface area (Å²) in [6.07, 6.45) is 1.60. The molecule has 2 rings (SSSR count). The number of aromatic hydroxyl groups is 1. The van der Waals surface area contributed by atoms with E-state index in [1.165, 1.54) is 5.56 Å². The van der Waals surface area contributed by atoms with Crippen LogP contribution >= 0.6 is 11.3 Å². The maximum Gasteiger partial charge on any atom is 0.229 e. The second kappa shape index (κ2) is 2.88. The topological polar surface area (TPSA) is 38.1 Å². The van der Waals surface area contributed by atoms with E-state index in [0.29, 0.717) is 0 Å². The molecule has 0 radical (unpaired) electrons. The molecule has 0 saturated heterocycles. The summed E-state index contributed by atoms with van der Waals surface area (Å²) in [5.41, 5.74) is 2.28. The maximum absolute atomic E-state index is 9.20. The summed E-state index contributed by atoms with van der Waals surface area (Å²) in [5, 5.41) is 13.3. The zero-order valence-corrected chi connectivity index (χ0v) is 8.30. The molecule has 0 saturated carbocycles. The van der Waals surface area contributed by atoms with Crippen LogP contribution in [0.5, 0.6) is 5.88 Å². The quantitative estimate of drug-likeness (QED) is 0.755. The number of rotatable bonds is 1. The van der Waals surface area contributed by atoms with Crippen molar-refractivity contribution in [3.05, 3.63) is 22.5 Å². The Labute approximate surface area is 80.3 Å². The lowest BCUT2D eigenvalue weighted by Crippen LogP contribution is -1.90. The molecule has 13 heavy (non-hydrogen) atoms. The summed E-state index contributed by atoms with van der Waals surface area (Å²) in [7, 11) is 1.87. The SMILES string of the molecule is Cc1cscc1-c1nc(O)cn1C. The normalized spacial score (nSPS) is 10.6. The summed E-state index contributed by atoms with van der Waals surface area (Å²) >= 11 is 1.64. The van der Waals surface area contributed by atoms with Crippen molar-refractivity contribution in [3.63, 3.8) is 0 Å². The van der Waals surface area contributed by atoms with Gasteiger partial charge in [-0.05, 0) is 17.9 Å². The second-order valence-electron chi connectivity index (χ2n) is 3.00. The molecule has 0 aliphatic carbocycles. The maximum atomic E-state index is 9.20. The molecule has 0 amide bonds. The first-order valence-electron chi connectivity index (χ1n) is 3.94. The van der Waals surface area contributed by atoms with E-state index in [1.54, 1.807) is 17.5 Å². The van der Waals surface area contributed by atoms with Crippen LogP contribution in [-0.4, -0.2) is 14.7 Å². The summed E-state index contributed by atoms with van der Waals surface area (Å²) in [4.78, 5) is 4.04. The zero-order valence-electron chi connectivity index (χ0n) is 7.48. The van der Waals surface area contributed by atoms with Crippen molar-refractivity contribution in [1.82, 2.24) is 9.55 Å². The van der Waals surface area contributed by atoms with Crippen LogP contribution in [0.1, 0.15) is 5.56 Å². The Balaban J connectivity index is 2.58. The molecular formula is C9H10N2OS. The molecule has 2 aromatic heterocycles. The summed E-state index contributed by atoms with van der Waals surface area (Å²) in [5.74, 6) is 0.888. The number of hydrogen-bond donors (Lipinski definition) is 1. The van der Waals surface area contributed by atoms with Crippen LogP contribution < -0.4 is 0 Å². The molecule has 0 bridgehead atoms. The van der Waals surface area contributed by atoms with Crippen LogP contribution in [0.3, 0.4) is 0 Å². The van der Waals surface area contributed by atoms with Crippen molar-refractivity contribution in [3.8, 4) is 17.3 Å². The average Bonchev–Trinajstić information content (AvgIpc) is 2.58. The van der Waals surface area contributed by atoms with Crippen LogP contribution in [0, 0.1) is 6.92 Å². The van der Waals surface area contributed by atoms with Gasteiger partial charge in [-0.3, -0.25) is 0 Å². The second-order valence-corrected chi connectivity index (χ2v) is 3.75. The van der Waals surface area contributed by atoms with Crippen molar-refractivity contribution in [2.24, 2.45) is 7.05 Å². The standard InChI is InChI=1S/C9H10N2OS/c1-6-4-13-5-7(6)9-10-8(12)3-11(9)2/h3-5,12H,1-2H3. The van der Waals surface area contributed by atoms with E-state index in [-0.39, 0.29) is 5.88 Å². The minimum absolute atomic E-state index is 0.0723. The van der Waals surface area contributed by atoms with Gasteiger partial charge in [0.05, 0.1) is 6.20 Å². The third-order valence-corrected chi connectivity index (χ3v) is 2.82. The summed E-state index contributed by atoms with van der Waals surface area (Å²) < 4.78 is 1.82. The molecule has 0 unspecified atom stereocenters. The van der Waals surface area contributed by atoms with Crippen molar-refractivity contribution in [1.29, 1.82) is 0 Å². The van der Waals surface area contributed by atoms with Gasteiger partial charge < -0.3 is 9.67 Å². The van der Waals surface area contributed by atoms with Crippen LogP contribution in [-0.2, 0) is 7.05 Å². The Hall–Kier alpha value is -1.29. The highest BCUT2D eigenvalue weighted by Gasteiger charge is 2.09. The molecule has 0 spiro atoms. The zero-order chi connectivity index (χ0) is 9.42. The van der Waals surface area contributed by atoms with Gasteiger partial charge in [-0.1, -0.05) is 0 Å². The Bertz CT molecular complexity index is 431. The predicted molar refractivity (Wildman–Crippen MR) is 52.9 cm³/mol. The van der Waals surface area contributed by atoms with E-state index in [2.05, 4.69) is 10.4 Å². The molecule has 3 nitrogen and oxygen atoms in total. The van der Waals surface area contributed by atoms with Gasteiger partial charge in [0.2, 0.25) is 5.88 Å². The first kappa shape index (κ1) is 8.31. The van der Waals surface area contributed by atoms with Gasteiger partial charge in [0.15, 0.2) is 0 Å². The third kappa shape index (κ3) is 1.33. The third-order valence-electron chi connectivity index (χ3n) is 1.96. The van der Waals surface area contributed by atoms with E-state index in [1.807, 2.05) is 23.9 Å². The Morgan fingerprint density at radius 3 is 2.69 bits per heavy atom. The highest BCUT2D eigenvalue weighted by atomic mass is 32.1. The Morgan fingerprint density at radius 2 is 2.23 bits per heavy atom. The fourth-order valence-electron chi connectivity index (χ4n) is 1.29. The highest BCUT2D eigenvalue weighted by Crippen LogP contribution is 2.26. The van der Waals surface area contributed by atoms with E-state index in [9.17, 15) is 5.11 Å². The van der Waals surface area contributed by atoms with Gasteiger partial charge in [0, 0.05) is 18.0 Å². The monoisotopic (exact) mass is 194 g/mol. The molecule has 0 aliphatic rings. The summed E-state index contributed by atoms with van der Waals surface area (Å²) in [6.45, 7) is 2.04. The van der Waals surface area contributed by atoms with Crippen molar-refractivity contribution < 1.29 is 5.11 Å². The number of hydrogen-bond acceptors (Lipinski definition) is 3. The molecule has 1 N–H and O–H groups in total. The first-order chi connectivity index (χ1) is 6.18. The number of aryl methyl sites for hydroxylation is 2. The fraction of sp³-hybridized carbons (Fsp3) is 0.222. The van der Waals surface area contributed by atoms with E-state index < -0.39 is 0 Å². The van der Waals surface area contributed by atoms with Gasteiger partial charge in [-0.25, -0.2) is 0 Å². The highest BCUT2D eigenvalue weighted by molar-refractivity contribution is 7.08. The smallest absolute Gasteiger partial charge is 0.229 e. The lowest BCUT2D eigenvalue weighted by Gasteiger charge is -1.98. The average molecular weight is 194 g/mol. The first-order valence-corrected chi connectivity index (χ1v) is 4.88. The molecular weight excluding hydrogens is 184 g/mol. The minimum Gasteiger partial charge on any atom is -0.492 e. The molecule has 0 aromatic carbocycles. The largest absolute Gasteiger partial charge is 0.492 e. The lowest BCUT2D eigenvalue weighted by atomic mass is 10.2. The van der Waals surface area contributed by atoms with Gasteiger partial charge in [-0.2, -0.15) is 16.3 Å². The van der Waals surface area contributed by atoms with Gasteiger partial charge in [-0.15, -0.1) is 0 Å². The molecule has 2 heterocycles. The van der Waals surface area contributed by atoms with Gasteiger partial charge in [0.25, 0.3) is 0 Å². The molecule has 2 aromatic rings. The molecule has 68 valence electrons. The van der Waals surface area contributed by atoms with Crippen molar-refractivity contribution >= 4 is 11.3 Å². The number of nitrogens with zero attached hydrogens (tertiary/aromatic N) is 2. The van der Waals surface area contributed by atoms with Gasteiger partial charge >= 0.3 is 0 Å². The fourth-order valence-corrected chi connectivity index (χ4v) is 2.12. The Morgan fingerprint density at radius 1 is 1.46 bits per heavy atom. The number of thiophene rings is 1. The minimum atomic E-state index is 0.0723. The van der Waals surface area contributed by atoms with Crippen LogP contribution in [0.15, 0.2) is 17.0 Å². The van der Waals surface area contributed by atoms with Crippen LogP contribution in [0.2, 0.25) is 0 Å². The van der Waals surface area contributed by atoms with Crippen molar-refractivity contribution in [2.45, 2.75) is 6.92 Å². The van der Waals surface area contributed by atoms with Gasteiger partial charge in [0.1, 0.15) is 5.82 Å². The van der Waals surface area contributed by atoms with E-state index in [0.717, 1.165) is 11.4 Å². The van der Waals surface area contributed by atoms with E-state index in [4.69, 9.17) is 0 Å². The predicted octanol–water partition coefficient (Wildman–Crippen LogP) is 2.16. The number of aromatic nitrogens is 2. The number of imidazole rings is 1. The van der Waals surface area contributed by atoms with Crippen molar-refractivity contribution in [2.75, 3.05) is 0 Å². The summed E-state index contributed by atoms with van der Waals surface area (Å²) in [6, 6.07) is 0. The van der Waals surface area contributed by atoms with Crippen LogP contribution in [0.4, 0.5) is 0 Å². The molecule has 4 heteroatoms. The molecule has 0 aliphatic heterocycles. The Kier molecular flexibility index (Phi) is 1.84.